The summed E-state index contributed by atoms with van der Waals surface area (Å²) in [5, 5.41) is 0. The lowest BCUT2D eigenvalue weighted by molar-refractivity contribution is -0.138. The van der Waals surface area contributed by atoms with E-state index in [1.54, 1.807) is 0 Å². The normalized spacial score (nSPS) is 25.9. The van der Waals surface area contributed by atoms with Gasteiger partial charge < -0.3 is 4.42 Å². The second-order valence-electron chi connectivity index (χ2n) is 6.17. The van der Waals surface area contributed by atoms with Crippen LogP contribution in [0.5, 0.6) is 0 Å². The minimum absolute atomic E-state index is 0.0605. The fourth-order valence-corrected chi connectivity index (χ4v) is 2.89. The third-order valence-corrected chi connectivity index (χ3v) is 4.40. The Morgan fingerprint density at radius 3 is 2.85 bits per heavy atom. The van der Waals surface area contributed by atoms with Crippen molar-refractivity contribution in [3.8, 4) is 0 Å². The van der Waals surface area contributed by atoms with Gasteiger partial charge in [-0.05, 0) is 37.3 Å². The van der Waals surface area contributed by atoms with Gasteiger partial charge in [0, 0.05) is 18.8 Å². The van der Waals surface area contributed by atoms with Gasteiger partial charge in [-0.1, -0.05) is 19.8 Å². The van der Waals surface area contributed by atoms with Gasteiger partial charge in [0.2, 0.25) is 5.91 Å². The topological polar surface area (TPSA) is 51.5 Å². The molecule has 0 bridgehead atoms. The summed E-state index contributed by atoms with van der Waals surface area (Å²) in [5.41, 5.74) is 2.56. The van der Waals surface area contributed by atoms with E-state index in [0.717, 1.165) is 30.3 Å². The van der Waals surface area contributed by atoms with E-state index in [2.05, 4.69) is 18.5 Å². The van der Waals surface area contributed by atoms with E-state index in [1.165, 1.54) is 19.3 Å². The van der Waals surface area contributed by atoms with Gasteiger partial charge in [-0.3, -0.25) is 9.63 Å². The lowest BCUT2D eigenvalue weighted by atomic mass is 10.2. The summed E-state index contributed by atoms with van der Waals surface area (Å²) < 4.78 is 5.79. The van der Waals surface area contributed by atoms with Gasteiger partial charge in [-0.15, -0.1) is 0 Å². The van der Waals surface area contributed by atoms with Crippen molar-refractivity contribution >= 4 is 5.91 Å². The number of rotatable bonds is 6. The summed E-state index contributed by atoms with van der Waals surface area (Å²) in [6, 6.07) is 4.04. The highest BCUT2D eigenvalue weighted by Crippen LogP contribution is 2.47. The molecule has 0 saturated heterocycles. The maximum Gasteiger partial charge on any atom is 0.243 e. The number of hydrogen-bond acceptors (Lipinski definition) is 3. The lowest BCUT2D eigenvalue weighted by Crippen LogP contribution is -2.28. The quantitative estimate of drug-likeness (QED) is 0.811. The van der Waals surface area contributed by atoms with E-state index >= 15 is 0 Å². The number of hydroxylamine groups is 1. The number of nitrogens with one attached hydrogen (secondary N) is 1. The molecular formula is C16H23NO3. The van der Waals surface area contributed by atoms with E-state index in [0.29, 0.717) is 18.8 Å². The van der Waals surface area contributed by atoms with Crippen LogP contribution in [0.4, 0.5) is 0 Å². The molecule has 0 aliphatic heterocycles. The molecule has 0 aromatic carbocycles. The van der Waals surface area contributed by atoms with Crippen molar-refractivity contribution in [1.82, 2.24) is 5.48 Å². The van der Waals surface area contributed by atoms with E-state index in [9.17, 15) is 4.79 Å². The third kappa shape index (κ3) is 3.42. The number of carbonyl (C=O) groups excluding carboxylic acids is 1. The molecule has 2 saturated carbocycles. The van der Waals surface area contributed by atoms with Gasteiger partial charge in [-0.2, -0.15) is 0 Å². The highest BCUT2D eigenvalue weighted by atomic mass is 16.7. The Morgan fingerprint density at radius 1 is 1.40 bits per heavy atom. The monoisotopic (exact) mass is 277 g/mol. The molecule has 3 rings (SSSR count). The van der Waals surface area contributed by atoms with Gasteiger partial charge in [0.25, 0.3) is 0 Å². The maximum atomic E-state index is 11.7. The van der Waals surface area contributed by atoms with E-state index < -0.39 is 0 Å². The fraction of sp³-hybridized carbons (Fsp3) is 0.688. The number of aryl methyl sites for hydroxylation is 1. The first-order chi connectivity index (χ1) is 9.72. The zero-order valence-corrected chi connectivity index (χ0v) is 12.1. The summed E-state index contributed by atoms with van der Waals surface area (Å²) in [7, 11) is 0. The average Bonchev–Trinajstić information content (AvgIpc) is 2.92. The van der Waals surface area contributed by atoms with Crippen molar-refractivity contribution in [3.05, 3.63) is 23.7 Å². The van der Waals surface area contributed by atoms with Crippen molar-refractivity contribution in [1.29, 1.82) is 0 Å². The third-order valence-electron chi connectivity index (χ3n) is 4.40. The molecular weight excluding hydrogens is 254 g/mol. The number of furan rings is 1. The van der Waals surface area contributed by atoms with E-state index in [-0.39, 0.29) is 12.0 Å². The minimum Gasteiger partial charge on any atom is -0.466 e. The largest absolute Gasteiger partial charge is 0.466 e. The highest BCUT2D eigenvalue weighted by Gasteiger charge is 2.36. The smallest absolute Gasteiger partial charge is 0.243 e. The Labute approximate surface area is 119 Å². The molecule has 2 atom stereocenters. The zero-order chi connectivity index (χ0) is 13.9. The predicted octanol–water partition coefficient (Wildman–Crippen LogP) is 3.33. The Balaban J connectivity index is 1.37. The molecule has 2 aliphatic rings. The Kier molecular flexibility index (Phi) is 4.10. The zero-order valence-electron chi connectivity index (χ0n) is 12.1. The maximum absolute atomic E-state index is 11.7. The molecule has 0 spiro atoms. The summed E-state index contributed by atoms with van der Waals surface area (Å²) in [6.07, 6.45) is 7.02. The minimum atomic E-state index is -0.0605. The van der Waals surface area contributed by atoms with Crippen LogP contribution in [-0.4, -0.2) is 12.0 Å². The molecule has 1 heterocycles. The van der Waals surface area contributed by atoms with Crippen LogP contribution >= 0.6 is 0 Å². The van der Waals surface area contributed by atoms with Crippen molar-refractivity contribution in [2.75, 3.05) is 0 Å². The molecule has 4 nitrogen and oxygen atoms in total. The van der Waals surface area contributed by atoms with Crippen molar-refractivity contribution in [2.45, 2.75) is 63.9 Å². The van der Waals surface area contributed by atoms with Crippen LogP contribution in [0.25, 0.3) is 0 Å². The molecule has 4 heteroatoms. The lowest BCUT2D eigenvalue weighted by Gasteiger charge is -2.10. The molecule has 1 aromatic heterocycles. The molecule has 2 aliphatic carbocycles. The number of hydrogen-bond donors (Lipinski definition) is 1. The Morgan fingerprint density at radius 2 is 2.15 bits per heavy atom. The summed E-state index contributed by atoms with van der Waals surface area (Å²) in [5.74, 6) is 3.26. The van der Waals surface area contributed by atoms with E-state index in [1.807, 2.05) is 6.07 Å². The van der Waals surface area contributed by atoms with Gasteiger partial charge in [-0.25, -0.2) is 5.48 Å². The first kappa shape index (κ1) is 13.7. The molecule has 0 radical (unpaired) electrons. The van der Waals surface area contributed by atoms with Gasteiger partial charge in [0.15, 0.2) is 0 Å². The number of amides is 1. The fourth-order valence-electron chi connectivity index (χ4n) is 2.89. The van der Waals surface area contributed by atoms with Gasteiger partial charge in [0.05, 0.1) is 6.10 Å². The number of carbonyl (C=O) groups is 1. The first-order valence-electron chi connectivity index (χ1n) is 7.75. The molecule has 2 unspecified atom stereocenters. The van der Waals surface area contributed by atoms with Crippen LogP contribution in [0.3, 0.4) is 0 Å². The molecule has 2 fully saturated rings. The predicted molar refractivity (Wildman–Crippen MR) is 75.0 cm³/mol. The standard InChI is InChI=1S/C16H23NO3/c1-11-10-14(11)15-8-6-12(19-15)7-9-16(18)17-20-13-4-2-3-5-13/h6,8,11,13-14H,2-5,7,9-10H2,1H3,(H,17,18). The van der Waals surface area contributed by atoms with Crippen LogP contribution in [0.2, 0.25) is 0 Å². The van der Waals surface area contributed by atoms with Crippen LogP contribution in [0.1, 0.15) is 62.9 Å². The van der Waals surface area contributed by atoms with E-state index in [4.69, 9.17) is 9.25 Å². The summed E-state index contributed by atoms with van der Waals surface area (Å²) in [6.45, 7) is 2.24. The molecule has 110 valence electrons. The second kappa shape index (κ2) is 6.00. The molecule has 20 heavy (non-hydrogen) atoms. The highest BCUT2D eigenvalue weighted by molar-refractivity contribution is 5.74. The van der Waals surface area contributed by atoms with Crippen molar-refractivity contribution in [2.24, 2.45) is 5.92 Å². The Hall–Kier alpha value is -1.29. The van der Waals surface area contributed by atoms with Crippen molar-refractivity contribution in [3.63, 3.8) is 0 Å². The van der Waals surface area contributed by atoms with Gasteiger partial charge >= 0.3 is 0 Å². The van der Waals surface area contributed by atoms with Crippen LogP contribution < -0.4 is 5.48 Å². The van der Waals surface area contributed by atoms with Crippen LogP contribution in [-0.2, 0) is 16.1 Å². The molecule has 1 N–H and O–H groups in total. The molecule has 1 amide bonds. The van der Waals surface area contributed by atoms with Crippen LogP contribution in [0, 0.1) is 5.92 Å². The first-order valence-corrected chi connectivity index (χ1v) is 7.75. The van der Waals surface area contributed by atoms with Gasteiger partial charge in [0.1, 0.15) is 11.5 Å². The Bertz CT molecular complexity index is 462. The average molecular weight is 277 g/mol. The second-order valence-corrected chi connectivity index (χ2v) is 6.17. The molecule has 1 aromatic rings. The van der Waals surface area contributed by atoms with Crippen molar-refractivity contribution < 1.29 is 14.0 Å². The van der Waals surface area contributed by atoms with Crippen LogP contribution in [0.15, 0.2) is 16.5 Å². The summed E-state index contributed by atoms with van der Waals surface area (Å²) >= 11 is 0. The SMILES string of the molecule is CC1CC1c1ccc(CCC(=O)NOC2CCCC2)o1. The summed E-state index contributed by atoms with van der Waals surface area (Å²) in [4.78, 5) is 17.1.